The van der Waals surface area contributed by atoms with E-state index in [1.807, 2.05) is 20.8 Å². The van der Waals surface area contributed by atoms with E-state index in [4.69, 9.17) is 4.74 Å². The van der Waals surface area contributed by atoms with Crippen molar-refractivity contribution in [2.45, 2.75) is 70.9 Å². The van der Waals surface area contributed by atoms with Crippen LogP contribution in [0, 0.1) is 5.92 Å². The average molecular weight is 500 g/mol. The second kappa shape index (κ2) is 10.8. The van der Waals surface area contributed by atoms with Crippen molar-refractivity contribution in [3.05, 3.63) is 23.8 Å². The number of urea groups is 1. The van der Waals surface area contributed by atoms with Crippen LogP contribution in [0.2, 0.25) is 0 Å². The molecule has 0 aromatic heterocycles. The van der Waals surface area contributed by atoms with Crippen LogP contribution in [-0.4, -0.2) is 66.7 Å². The molecule has 1 aromatic rings. The second-order valence-electron chi connectivity index (χ2n) is 10.9. The molecule has 2 aliphatic heterocycles. The molecule has 2 heterocycles. The maximum Gasteiger partial charge on any atom is 0.407 e. The summed E-state index contributed by atoms with van der Waals surface area (Å²) in [5.74, 6) is 0.349. The summed E-state index contributed by atoms with van der Waals surface area (Å²) in [6.45, 7) is 7.30. The molecule has 1 aliphatic carbocycles. The first-order valence-electron chi connectivity index (χ1n) is 12.9. The number of nitrogens with one attached hydrogen (secondary N) is 3. The molecule has 0 radical (unpaired) electrons. The molecule has 5 amide bonds. The van der Waals surface area contributed by atoms with Crippen molar-refractivity contribution in [3.8, 4) is 0 Å². The van der Waals surface area contributed by atoms with Crippen LogP contribution in [-0.2, 0) is 9.53 Å². The molecule has 1 saturated carbocycles. The van der Waals surface area contributed by atoms with Crippen LogP contribution in [0.5, 0.6) is 0 Å². The molecule has 36 heavy (non-hydrogen) atoms. The van der Waals surface area contributed by atoms with Gasteiger partial charge < -0.3 is 25.6 Å². The van der Waals surface area contributed by atoms with E-state index in [0.717, 1.165) is 12.3 Å². The lowest BCUT2D eigenvalue weighted by molar-refractivity contribution is -0.115. The van der Waals surface area contributed by atoms with Gasteiger partial charge in [0, 0.05) is 44.2 Å². The van der Waals surface area contributed by atoms with Gasteiger partial charge in [0.1, 0.15) is 5.60 Å². The minimum absolute atomic E-state index is 0.0652. The number of benzene rings is 1. The van der Waals surface area contributed by atoms with Crippen molar-refractivity contribution < 1.29 is 23.9 Å². The third-order valence-electron chi connectivity index (χ3n) is 6.64. The number of carbonyl (C=O) groups excluding carboxylic acids is 4. The monoisotopic (exact) mass is 499 g/mol. The average Bonchev–Trinajstić information content (AvgIpc) is 3.64. The van der Waals surface area contributed by atoms with Crippen LogP contribution >= 0.6 is 0 Å². The quantitative estimate of drug-likeness (QED) is 0.573. The zero-order valence-corrected chi connectivity index (χ0v) is 21.4. The van der Waals surface area contributed by atoms with Gasteiger partial charge in [-0.3, -0.25) is 14.5 Å². The fourth-order valence-corrected chi connectivity index (χ4v) is 4.52. The smallest absolute Gasteiger partial charge is 0.407 e. The summed E-state index contributed by atoms with van der Waals surface area (Å²) in [6, 6.07) is 4.81. The van der Waals surface area contributed by atoms with Gasteiger partial charge in [-0.15, -0.1) is 0 Å². The first kappa shape index (κ1) is 25.8. The molecule has 1 aromatic carbocycles. The number of likely N-dealkylation sites (tertiary alicyclic amines) is 1. The summed E-state index contributed by atoms with van der Waals surface area (Å²) in [4.78, 5) is 53.8. The van der Waals surface area contributed by atoms with Gasteiger partial charge in [-0.1, -0.05) is 12.8 Å². The number of nitrogens with zero attached hydrogens (tertiary/aromatic N) is 2. The number of alkyl carbamates (subject to hydrolysis) is 1. The van der Waals surface area contributed by atoms with Gasteiger partial charge in [-0.2, -0.15) is 0 Å². The molecule has 196 valence electrons. The number of anilines is 2. The maximum atomic E-state index is 13.4. The number of fused-ring (bicyclic) bond motifs is 1. The molecule has 4 rings (SSSR count). The predicted molar refractivity (Wildman–Crippen MR) is 136 cm³/mol. The molecular weight excluding hydrogens is 462 g/mol. The first-order chi connectivity index (χ1) is 17.1. The fraction of sp³-hybridized carbons (Fsp3) is 0.615. The standard InChI is InChI=1S/C26H37N5O5/c1-26(2,3)36-24(34)28-19-9-13-30(14-10-19)25(35)31-15-11-22(32)29-20-16-18(6-7-21(20)31)23(33)27-12-8-17-4-5-17/h6-7,16-17,19H,4-5,8-15H2,1-3H3,(H,27,33)(H,28,34)(H,29,32). The highest BCUT2D eigenvalue weighted by molar-refractivity contribution is 6.05. The summed E-state index contributed by atoms with van der Waals surface area (Å²) >= 11 is 0. The van der Waals surface area contributed by atoms with Crippen molar-refractivity contribution in [1.29, 1.82) is 0 Å². The lowest BCUT2D eigenvalue weighted by atomic mass is 10.1. The Morgan fingerprint density at radius 2 is 1.81 bits per heavy atom. The molecule has 1 saturated heterocycles. The van der Waals surface area contributed by atoms with E-state index < -0.39 is 11.7 Å². The summed E-state index contributed by atoms with van der Waals surface area (Å²) in [5, 5.41) is 8.67. The fourth-order valence-electron chi connectivity index (χ4n) is 4.52. The number of hydrogen-bond acceptors (Lipinski definition) is 5. The SMILES string of the molecule is CC(C)(C)OC(=O)NC1CCN(C(=O)N2CCC(=O)Nc3cc(C(=O)NCCC4CC4)ccc32)CC1. The first-order valence-corrected chi connectivity index (χ1v) is 12.9. The highest BCUT2D eigenvalue weighted by Crippen LogP contribution is 2.33. The van der Waals surface area contributed by atoms with Crippen molar-refractivity contribution in [2.24, 2.45) is 5.92 Å². The van der Waals surface area contributed by atoms with Crippen LogP contribution in [0.25, 0.3) is 0 Å². The van der Waals surface area contributed by atoms with Crippen LogP contribution in [0.1, 0.15) is 69.7 Å². The Balaban J connectivity index is 1.38. The van der Waals surface area contributed by atoms with Gasteiger partial charge in [0.15, 0.2) is 0 Å². The van der Waals surface area contributed by atoms with Crippen LogP contribution in [0.3, 0.4) is 0 Å². The Morgan fingerprint density at radius 1 is 1.08 bits per heavy atom. The third kappa shape index (κ3) is 6.89. The topological polar surface area (TPSA) is 120 Å². The Hall–Kier alpha value is -3.30. The number of ether oxygens (including phenoxy) is 1. The molecule has 0 bridgehead atoms. The summed E-state index contributed by atoms with van der Waals surface area (Å²) in [5.41, 5.74) is 0.925. The molecule has 0 spiro atoms. The Morgan fingerprint density at radius 3 is 2.47 bits per heavy atom. The Labute approximate surface area is 212 Å². The van der Waals surface area contributed by atoms with E-state index in [-0.39, 0.29) is 36.9 Å². The lowest BCUT2D eigenvalue weighted by Gasteiger charge is -2.36. The minimum atomic E-state index is -0.566. The largest absolute Gasteiger partial charge is 0.444 e. The summed E-state index contributed by atoms with van der Waals surface area (Å²) < 4.78 is 5.33. The molecule has 3 aliphatic rings. The summed E-state index contributed by atoms with van der Waals surface area (Å²) in [7, 11) is 0. The predicted octanol–water partition coefficient (Wildman–Crippen LogP) is 3.47. The van der Waals surface area contributed by atoms with E-state index in [1.54, 1.807) is 28.0 Å². The third-order valence-corrected chi connectivity index (χ3v) is 6.64. The molecular formula is C26H37N5O5. The number of hydrogen-bond donors (Lipinski definition) is 3. The number of amides is 5. The zero-order chi connectivity index (χ0) is 25.9. The van der Waals surface area contributed by atoms with E-state index in [0.29, 0.717) is 49.4 Å². The van der Waals surface area contributed by atoms with Gasteiger partial charge in [0.2, 0.25) is 5.91 Å². The lowest BCUT2D eigenvalue weighted by Crippen LogP contribution is -2.51. The normalized spacial score (nSPS) is 18.6. The molecule has 3 N–H and O–H groups in total. The Bertz CT molecular complexity index is 1010. The van der Waals surface area contributed by atoms with E-state index in [9.17, 15) is 19.2 Å². The number of piperidine rings is 1. The minimum Gasteiger partial charge on any atom is -0.444 e. The molecule has 10 heteroatoms. The van der Waals surface area contributed by atoms with E-state index in [2.05, 4.69) is 16.0 Å². The van der Waals surface area contributed by atoms with Crippen molar-refractivity contribution in [2.75, 3.05) is 36.4 Å². The molecule has 0 unspecified atom stereocenters. The van der Waals surface area contributed by atoms with Gasteiger partial charge in [-0.25, -0.2) is 9.59 Å². The van der Waals surface area contributed by atoms with Gasteiger partial charge in [-0.05, 0) is 64.2 Å². The maximum absolute atomic E-state index is 13.4. The van der Waals surface area contributed by atoms with Crippen LogP contribution in [0.4, 0.5) is 21.0 Å². The second-order valence-corrected chi connectivity index (χ2v) is 10.9. The molecule has 10 nitrogen and oxygen atoms in total. The highest BCUT2D eigenvalue weighted by atomic mass is 16.6. The van der Waals surface area contributed by atoms with Crippen LogP contribution < -0.4 is 20.9 Å². The van der Waals surface area contributed by atoms with Crippen LogP contribution in [0.15, 0.2) is 18.2 Å². The molecule has 0 atom stereocenters. The van der Waals surface area contributed by atoms with E-state index in [1.165, 1.54) is 12.8 Å². The van der Waals surface area contributed by atoms with Crippen molar-refractivity contribution in [1.82, 2.24) is 15.5 Å². The zero-order valence-electron chi connectivity index (χ0n) is 21.4. The summed E-state index contributed by atoms with van der Waals surface area (Å²) in [6.07, 6.45) is 4.40. The van der Waals surface area contributed by atoms with Gasteiger partial charge in [0.25, 0.3) is 5.91 Å². The highest BCUT2D eigenvalue weighted by Gasteiger charge is 2.31. The number of rotatable bonds is 5. The van der Waals surface area contributed by atoms with Gasteiger partial charge >= 0.3 is 12.1 Å². The molecule has 2 fully saturated rings. The van der Waals surface area contributed by atoms with E-state index >= 15 is 0 Å². The Kier molecular flexibility index (Phi) is 7.70. The van der Waals surface area contributed by atoms with Gasteiger partial charge in [0.05, 0.1) is 11.4 Å². The van der Waals surface area contributed by atoms with Crippen molar-refractivity contribution in [3.63, 3.8) is 0 Å². The van der Waals surface area contributed by atoms with Crippen molar-refractivity contribution >= 4 is 35.3 Å². The number of carbonyl (C=O) groups is 4.